The molecule has 8 nitrogen and oxygen atoms in total. The second kappa shape index (κ2) is 8.07. The highest BCUT2D eigenvalue weighted by Gasteiger charge is 2.31. The fourth-order valence-corrected chi connectivity index (χ4v) is 4.57. The Hall–Kier alpha value is -2.78. The molecule has 0 atom stereocenters. The molecule has 2 aromatic rings. The van der Waals surface area contributed by atoms with Crippen LogP contribution in [0.15, 0.2) is 53.4 Å². The average molecular weight is 403 g/mol. The Kier molecular flexibility index (Phi) is 5.76. The highest BCUT2D eigenvalue weighted by Crippen LogP contribution is 2.22. The van der Waals surface area contributed by atoms with Crippen LogP contribution < -0.4 is 0 Å². The van der Waals surface area contributed by atoms with Gasteiger partial charge >= 0.3 is 0 Å². The summed E-state index contributed by atoms with van der Waals surface area (Å²) in [4.78, 5) is 24.4. The highest BCUT2D eigenvalue weighted by molar-refractivity contribution is 7.89. The first-order valence-corrected chi connectivity index (χ1v) is 10.4. The Morgan fingerprint density at radius 2 is 1.71 bits per heavy atom. The molecule has 1 fully saturated rings. The Balaban J connectivity index is 1.69. The zero-order valence-electron chi connectivity index (χ0n) is 15.4. The van der Waals surface area contributed by atoms with E-state index in [1.807, 2.05) is 19.1 Å². The number of carbonyl (C=O) groups excluding carboxylic acids is 1. The molecule has 3 rings (SSSR count). The minimum atomic E-state index is -3.85. The van der Waals surface area contributed by atoms with Crippen LogP contribution in [0.2, 0.25) is 0 Å². The number of nitro groups is 1. The number of rotatable bonds is 5. The normalized spacial score (nSPS) is 15.4. The predicted octanol–water partition coefficient (Wildman–Crippen LogP) is 2.30. The van der Waals surface area contributed by atoms with Crippen LogP contribution >= 0.6 is 0 Å². The van der Waals surface area contributed by atoms with Crippen molar-refractivity contribution in [1.82, 2.24) is 9.21 Å². The number of nitro benzene ring substituents is 1. The molecular formula is C19H21N3O5S. The lowest BCUT2D eigenvalue weighted by atomic mass is 10.1. The van der Waals surface area contributed by atoms with Crippen LogP contribution in [0.3, 0.4) is 0 Å². The first-order chi connectivity index (χ1) is 13.3. The van der Waals surface area contributed by atoms with Crippen molar-refractivity contribution >= 4 is 21.6 Å². The SMILES string of the molecule is CCc1ccc(C(=O)N2CCN(S(=O)(=O)c3cccc([N+](=O)[O-])c3)CC2)cc1. The second-order valence-corrected chi connectivity index (χ2v) is 8.44. The van der Waals surface area contributed by atoms with Gasteiger partial charge in [-0.05, 0) is 30.2 Å². The minimum Gasteiger partial charge on any atom is -0.336 e. The van der Waals surface area contributed by atoms with Gasteiger partial charge in [0.2, 0.25) is 10.0 Å². The van der Waals surface area contributed by atoms with E-state index in [1.54, 1.807) is 17.0 Å². The third kappa shape index (κ3) is 4.05. The number of amides is 1. The zero-order chi connectivity index (χ0) is 20.3. The number of hydrogen-bond acceptors (Lipinski definition) is 5. The van der Waals surface area contributed by atoms with Gasteiger partial charge in [0.1, 0.15) is 0 Å². The molecule has 1 aliphatic rings. The van der Waals surface area contributed by atoms with Crippen LogP contribution in [-0.4, -0.2) is 54.6 Å². The van der Waals surface area contributed by atoms with Crippen LogP contribution in [0.1, 0.15) is 22.8 Å². The highest BCUT2D eigenvalue weighted by atomic mass is 32.2. The topological polar surface area (TPSA) is 101 Å². The fraction of sp³-hybridized carbons (Fsp3) is 0.316. The molecule has 0 saturated carbocycles. The summed E-state index contributed by atoms with van der Waals surface area (Å²) in [6.45, 7) is 2.86. The van der Waals surface area contributed by atoms with Gasteiger partial charge in [-0.3, -0.25) is 14.9 Å². The van der Waals surface area contributed by atoms with Gasteiger partial charge in [0.05, 0.1) is 9.82 Å². The maximum atomic E-state index is 12.8. The molecule has 148 valence electrons. The molecule has 0 spiro atoms. The summed E-state index contributed by atoms with van der Waals surface area (Å²) >= 11 is 0. The van der Waals surface area contributed by atoms with Crippen molar-refractivity contribution < 1.29 is 18.1 Å². The van der Waals surface area contributed by atoms with Crippen LogP contribution in [0, 0.1) is 10.1 Å². The van der Waals surface area contributed by atoms with E-state index in [-0.39, 0.29) is 42.7 Å². The molecule has 1 saturated heterocycles. The molecule has 9 heteroatoms. The Bertz CT molecular complexity index is 981. The van der Waals surface area contributed by atoms with E-state index in [0.29, 0.717) is 5.56 Å². The Morgan fingerprint density at radius 3 is 2.29 bits per heavy atom. The molecule has 0 unspecified atom stereocenters. The molecule has 28 heavy (non-hydrogen) atoms. The zero-order valence-corrected chi connectivity index (χ0v) is 16.3. The van der Waals surface area contributed by atoms with Crippen molar-refractivity contribution in [3.05, 3.63) is 69.8 Å². The molecule has 1 aliphatic heterocycles. The van der Waals surface area contributed by atoms with Gasteiger partial charge < -0.3 is 4.90 Å². The van der Waals surface area contributed by atoms with Gasteiger partial charge in [-0.15, -0.1) is 0 Å². The van der Waals surface area contributed by atoms with Gasteiger partial charge in [0.15, 0.2) is 0 Å². The van der Waals surface area contributed by atoms with E-state index in [9.17, 15) is 23.3 Å². The number of aryl methyl sites for hydroxylation is 1. The van der Waals surface area contributed by atoms with Gasteiger partial charge in [-0.1, -0.05) is 25.1 Å². The number of carbonyl (C=O) groups is 1. The standard InChI is InChI=1S/C19H21N3O5S/c1-2-15-6-8-16(9-7-15)19(23)20-10-12-21(13-11-20)28(26,27)18-5-3-4-17(14-18)22(24)25/h3-9,14H,2,10-13H2,1H3. The van der Waals surface area contributed by atoms with E-state index in [0.717, 1.165) is 18.1 Å². The van der Waals surface area contributed by atoms with Gasteiger partial charge in [-0.25, -0.2) is 8.42 Å². The fourth-order valence-electron chi connectivity index (χ4n) is 3.10. The largest absolute Gasteiger partial charge is 0.336 e. The minimum absolute atomic E-state index is 0.114. The summed E-state index contributed by atoms with van der Waals surface area (Å²) in [5.74, 6) is -0.130. The first kappa shape index (κ1) is 20.0. The van der Waals surface area contributed by atoms with Crippen molar-refractivity contribution in [2.45, 2.75) is 18.2 Å². The third-order valence-corrected chi connectivity index (χ3v) is 6.70. The van der Waals surface area contributed by atoms with Crippen molar-refractivity contribution in [3.63, 3.8) is 0 Å². The molecule has 1 heterocycles. The van der Waals surface area contributed by atoms with Crippen molar-refractivity contribution in [2.24, 2.45) is 0 Å². The van der Waals surface area contributed by atoms with E-state index in [2.05, 4.69) is 0 Å². The quantitative estimate of drug-likeness (QED) is 0.563. The number of piperazine rings is 1. The Morgan fingerprint density at radius 1 is 1.07 bits per heavy atom. The predicted molar refractivity (Wildman–Crippen MR) is 104 cm³/mol. The molecule has 2 aromatic carbocycles. The van der Waals surface area contributed by atoms with Crippen molar-refractivity contribution in [3.8, 4) is 0 Å². The number of non-ortho nitro benzene ring substituents is 1. The van der Waals surface area contributed by atoms with E-state index in [4.69, 9.17) is 0 Å². The van der Waals surface area contributed by atoms with Crippen molar-refractivity contribution in [2.75, 3.05) is 26.2 Å². The van der Waals surface area contributed by atoms with Crippen LogP contribution in [0.5, 0.6) is 0 Å². The monoisotopic (exact) mass is 403 g/mol. The second-order valence-electron chi connectivity index (χ2n) is 6.50. The average Bonchev–Trinajstić information content (AvgIpc) is 2.73. The smallest absolute Gasteiger partial charge is 0.270 e. The summed E-state index contributed by atoms with van der Waals surface area (Å²) < 4.78 is 26.8. The number of sulfonamides is 1. The molecule has 0 N–H and O–H groups in total. The Labute approximate surface area is 163 Å². The lowest BCUT2D eigenvalue weighted by molar-refractivity contribution is -0.385. The van der Waals surface area contributed by atoms with Crippen molar-refractivity contribution in [1.29, 1.82) is 0 Å². The summed E-state index contributed by atoms with van der Waals surface area (Å²) in [6.07, 6.45) is 0.892. The summed E-state index contributed by atoms with van der Waals surface area (Å²) in [6, 6.07) is 12.4. The molecule has 1 amide bonds. The molecular weight excluding hydrogens is 382 g/mol. The third-order valence-electron chi connectivity index (χ3n) is 4.80. The van der Waals surface area contributed by atoms with Crippen LogP contribution in [-0.2, 0) is 16.4 Å². The molecule has 0 aliphatic carbocycles. The summed E-state index contributed by atoms with van der Waals surface area (Å²) in [5, 5.41) is 10.9. The first-order valence-electron chi connectivity index (χ1n) is 8.95. The maximum Gasteiger partial charge on any atom is 0.270 e. The number of hydrogen-bond donors (Lipinski definition) is 0. The summed E-state index contributed by atoms with van der Waals surface area (Å²) in [5.41, 5.74) is 1.45. The lowest BCUT2D eigenvalue weighted by Gasteiger charge is -2.34. The van der Waals surface area contributed by atoms with Crippen LogP contribution in [0.4, 0.5) is 5.69 Å². The van der Waals surface area contributed by atoms with Gasteiger partial charge in [-0.2, -0.15) is 4.31 Å². The van der Waals surface area contributed by atoms with Gasteiger partial charge in [0, 0.05) is 43.9 Å². The lowest BCUT2D eigenvalue weighted by Crippen LogP contribution is -2.50. The molecule has 0 radical (unpaired) electrons. The maximum absolute atomic E-state index is 12.8. The number of benzene rings is 2. The number of nitrogens with zero attached hydrogens (tertiary/aromatic N) is 3. The van der Waals surface area contributed by atoms with Gasteiger partial charge in [0.25, 0.3) is 11.6 Å². The van der Waals surface area contributed by atoms with Crippen LogP contribution in [0.25, 0.3) is 0 Å². The molecule has 0 aromatic heterocycles. The van der Waals surface area contributed by atoms with E-state index in [1.165, 1.54) is 22.5 Å². The molecule has 0 bridgehead atoms. The van der Waals surface area contributed by atoms with E-state index < -0.39 is 14.9 Å². The van der Waals surface area contributed by atoms with E-state index >= 15 is 0 Å². The summed E-state index contributed by atoms with van der Waals surface area (Å²) in [7, 11) is -3.85.